The minimum absolute atomic E-state index is 0.0951. The van der Waals surface area contributed by atoms with E-state index >= 15 is 0 Å². The van der Waals surface area contributed by atoms with Crippen molar-refractivity contribution in [2.45, 2.75) is 11.4 Å². The summed E-state index contributed by atoms with van der Waals surface area (Å²) in [6, 6.07) is 12.8. The number of para-hydroxylation sites is 1. The Labute approximate surface area is 143 Å². The fraction of sp³-hybridized carbons (Fsp3) is 0.125. The molecule has 0 aliphatic heterocycles. The van der Waals surface area contributed by atoms with Crippen LogP contribution < -0.4 is 10.3 Å². The van der Waals surface area contributed by atoms with Gasteiger partial charge in [-0.25, -0.2) is 18.1 Å². The molecule has 0 fully saturated rings. The van der Waals surface area contributed by atoms with Gasteiger partial charge in [0.1, 0.15) is 5.82 Å². The van der Waals surface area contributed by atoms with Gasteiger partial charge in [-0.2, -0.15) is 0 Å². The normalized spacial score (nSPS) is 11.8. The summed E-state index contributed by atoms with van der Waals surface area (Å²) in [5.41, 5.74) is 0.308. The Kier molecular flexibility index (Phi) is 4.40. The molecule has 2 aromatic carbocycles. The van der Waals surface area contributed by atoms with Crippen molar-refractivity contribution in [2.75, 3.05) is 0 Å². The zero-order valence-corrected chi connectivity index (χ0v) is 14.3. The van der Waals surface area contributed by atoms with Crippen LogP contribution in [-0.4, -0.2) is 18.0 Å². The third-order valence-electron chi connectivity index (χ3n) is 3.62. The summed E-state index contributed by atoms with van der Waals surface area (Å²) in [6.07, 6.45) is 0. The molecule has 0 aliphatic carbocycles. The van der Waals surface area contributed by atoms with Crippen molar-refractivity contribution >= 4 is 32.5 Å². The molecule has 0 saturated carbocycles. The SMILES string of the molecule is Cn1c(CNS(=O)(=O)c2ccc(Cl)cc2)nc2ccccc2c1=O. The van der Waals surface area contributed by atoms with Gasteiger partial charge in [0, 0.05) is 12.1 Å². The van der Waals surface area contributed by atoms with Gasteiger partial charge in [-0.15, -0.1) is 0 Å². The lowest BCUT2D eigenvalue weighted by Crippen LogP contribution is -2.29. The van der Waals surface area contributed by atoms with E-state index in [2.05, 4.69) is 9.71 Å². The maximum Gasteiger partial charge on any atom is 0.261 e. The summed E-state index contributed by atoms with van der Waals surface area (Å²) in [4.78, 5) is 16.8. The fourth-order valence-corrected chi connectivity index (χ4v) is 3.38. The summed E-state index contributed by atoms with van der Waals surface area (Å²) < 4.78 is 28.4. The first-order valence-corrected chi connectivity index (χ1v) is 8.94. The van der Waals surface area contributed by atoms with Gasteiger partial charge in [0.2, 0.25) is 10.0 Å². The van der Waals surface area contributed by atoms with Crippen molar-refractivity contribution in [3.05, 3.63) is 69.7 Å². The Balaban J connectivity index is 1.92. The van der Waals surface area contributed by atoms with Gasteiger partial charge in [-0.1, -0.05) is 23.7 Å². The van der Waals surface area contributed by atoms with E-state index in [9.17, 15) is 13.2 Å². The van der Waals surface area contributed by atoms with Crippen LogP contribution in [-0.2, 0) is 23.6 Å². The van der Waals surface area contributed by atoms with E-state index in [4.69, 9.17) is 11.6 Å². The molecule has 6 nitrogen and oxygen atoms in total. The molecule has 0 unspecified atom stereocenters. The molecule has 1 heterocycles. The minimum Gasteiger partial charge on any atom is -0.298 e. The molecular weight excluding hydrogens is 350 g/mol. The van der Waals surface area contributed by atoms with Gasteiger partial charge in [-0.05, 0) is 36.4 Å². The lowest BCUT2D eigenvalue weighted by Gasteiger charge is -2.11. The second-order valence-electron chi connectivity index (χ2n) is 5.19. The Morgan fingerprint density at radius 2 is 1.79 bits per heavy atom. The van der Waals surface area contributed by atoms with E-state index in [0.717, 1.165) is 0 Å². The lowest BCUT2D eigenvalue weighted by atomic mass is 10.2. The number of fused-ring (bicyclic) bond motifs is 1. The smallest absolute Gasteiger partial charge is 0.261 e. The van der Waals surface area contributed by atoms with Crippen LogP contribution in [0.15, 0.2) is 58.2 Å². The van der Waals surface area contributed by atoms with Gasteiger partial charge < -0.3 is 0 Å². The highest BCUT2D eigenvalue weighted by Crippen LogP contribution is 2.14. The van der Waals surface area contributed by atoms with E-state index in [1.165, 1.54) is 28.8 Å². The van der Waals surface area contributed by atoms with Crippen LogP contribution in [0, 0.1) is 0 Å². The molecule has 0 amide bonds. The highest BCUT2D eigenvalue weighted by Gasteiger charge is 2.15. The van der Waals surface area contributed by atoms with Crippen molar-refractivity contribution in [1.29, 1.82) is 0 Å². The van der Waals surface area contributed by atoms with Crippen LogP contribution in [0.4, 0.5) is 0 Å². The van der Waals surface area contributed by atoms with Crippen LogP contribution >= 0.6 is 11.6 Å². The molecule has 0 saturated heterocycles. The first-order chi connectivity index (χ1) is 11.4. The number of hydrogen-bond acceptors (Lipinski definition) is 4. The number of rotatable bonds is 4. The predicted octanol–water partition coefficient (Wildman–Crippen LogP) is 2.07. The van der Waals surface area contributed by atoms with Crippen LogP contribution in [0.25, 0.3) is 10.9 Å². The fourth-order valence-electron chi connectivity index (χ4n) is 2.28. The highest BCUT2D eigenvalue weighted by molar-refractivity contribution is 7.89. The van der Waals surface area contributed by atoms with E-state index < -0.39 is 10.0 Å². The zero-order valence-electron chi connectivity index (χ0n) is 12.7. The van der Waals surface area contributed by atoms with Crippen LogP contribution in [0.5, 0.6) is 0 Å². The Bertz CT molecular complexity index is 1060. The third-order valence-corrected chi connectivity index (χ3v) is 5.29. The van der Waals surface area contributed by atoms with Crippen molar-refractivity contribution in [3.8, 4) is 0 Å². The minimum atomic E-state index is -3.72. The van der Waals surface area contributed by atoms with Crippen LogP contribution in [0.2, 0.25) is 5.02 Å². The number of nitrogens with zero attached hydrogens (tertiary/aromatic N) is 2. The second-order valence-corrected chi connectivity index (χ2v) is 7.39. The number of nitrogens with one attached hydrogen (secondary N) is 1. The van der Waals surface area contributed by atoms with Gasteiger partial charge in [0.25, 0.3) is 5.56 Å². The quantitative estimate of drug-likeness (QED) is 0.769. The predicted molar refractivity (Wildman–Crippen MR) is 92.5 cm³/mol. The average Bonchev–Trinajstić information content (AvgIpc) is 2.57. The number of aromatic nitrogens is 2. The molecule has 1 N–H and O–H groups in total. The van der Waals surface area contributed by atoms with Gasteiger partial charge in [0.15, 0.2) is 0 Å². The number of hydrogen-bond donors (Lipinski definition) is 1. The molecule has 3 rings (SSSR count). The van der Waals surface area contributed by atoms with E-state index in [1.54, 1.807) is 31.3 Å². The first kappa shape index (κ1) is 16.6. The van der Waals surface area contributed by atoms with E-state index in [1.807, 2.05) is 0 Å². The second kappa shape index (κ2) is 6.35. The molecule has 0 bridgehead atoms. The summed E-state index contributed by atoms with van der Waals surface area (Å²) in [5.74, 6) is 0.330. The number of sulfonamides is 1. The molecule has 1 aromatic heterocycles. The zero-order chi connectivity index (χ0) is 17.3. The molecule has 0 atom stereocenters. The van der Waals surface area contributed by atoms with Crippen LogP contribution in [0.1, 0.15) is 5.82 Å². The monoisotopic (exact) mass is 363 g/mol. The largest absolute Gasteiger partial charge is 0.298 e. The maximum absolute atomic E-state index is 12.3. The summed E-state index contributed by atoms with van der Waals surface area (Å²) in [7, 11) is -2.16. The van der Waals surface area contributed by atoms with Crippen LogP contribution in [0.3, 0.4) is 0 Å². The topological polar surface area (TPSA) is 81.1 Å². The summed E-state index contributed by atoms with van der Waals surface area (Å²) in [6.45, 7) is -0.0957. The van der Waals surface area contributed by atoms with Gasteiger partial charge >= 0.3 is 0 Å². The van der Waals surface area contributed by atoms with Crippen molar-refractivity contribution in [2.24, 2.45) is 7.05 Å². The maximum atomic E-state index is 12.3. The molecule has 24 heavy (non-hydrogen) atoms. The van der Waals surface area contributed by atoms with E-state index in [0.29, 0.717) is 21.7 Å². The molecule has 124 valence electrons. The summed E-state index contributed by atoms with van der Waals surface area (Å²) in [5, 5.41) is 0.942. The highest BCUT2D eigenvalue weighted by atomic mass is 35.5. The molecule has 8 heteroatoms. The summed E-state index contributed by atoms with van der Waals surface area (Å²) >= 11 is 5.77. The third kappa shape index (κ3) is 3.19. The molecule has 0 radical (unpaired) electrons. The molecule has 0 spiro atoms. The van der Waals surface area contributed by atoms with Gasteiger partial charge in [-0.3, -0.25) is 9.36 Å². The average molecular weight is 364 g/mol. The van der Waals surface area contributed by atoms with Crippen molar-refractivity contribution in [3.63, 3.8) is 0 Å². The van der Waals surface area contributed by atoms with E-state index in [-0.39, 0.29) is 17.0 Å². The number of halogens is 1. The molecule has 3 aromatic rings. The van der Waals surface area contributed by atoms with Crippen molar-refractivity contribution < 1.29 is 8.42 Å². The lowest BCUT2D eigenvalue weighted by molar-refractivity contribution is 0.576. The molecular formula is C16H14ClN3O3S. The Morgan fingerprint density at radius 1 is 1.12 bits per heavy atom. The number of benzene rings is 2. The Hall–Kier alpha value is -2.22. The van der Waals surface area contributed by atoms with Gasteiger partial charge in [0.05, 0.1) is 22.3 Å². The first-order valence-electron chi connectivity index (χ1n) is 7.08. The Morgan fingerprint density at radius 3 is 2.50 bits per heavy atom. The van der Waals surface area contributed by atoms with Crippen molar-refractivity contribution in [1.82, 2.24) is 14.3 Å². The molecule has 0 aliphatic rings. The standard InChI is InChI=1S/C16H14ClN3O3S/c1-20-15(19-14-5-3-2-4-13(14)16(20)21)10-18-24(22,23)12-8-6-11(17)7-9-12/h2-9,18H,10H2,1H3.